The number of aromatic carboxylic acids is 1. The Morgan fingerprint density at radius 2 is 2.33 bits per heavy atom. The van der Waals surface area contributed by atoms with Crippen LogP contribution in [-0.4, -0.2) is 27.7 Å². The number of hydrogen-bond acceptors (Lipinski definition) is 3. The SMILES string of the molecule is CNc1ccnc2c1cc(C(=O)O)n2C. The fourth-order valence-electron chi connectivity index (χ4n) is 1.64. The van der Waals surface area contributed by atoms with Crippen LogP contribution >= 0.6 is 0 Å². The van der Waals surface area contributed by atoms with Gasteiger partial charge in [-0.25, -0.2) is 9.78 Å². The second-order valence-electron chi connectivity index (χ2n) is 3.24. The smallest absolute Gasteiger partial charge is 0.352 e. The topological polar surface area (TPSA) is 67.2 Å². The standard InChI is InChI=1S/C10H11N3O2/c1-11-7-3-4-12-9-6(7)5-8(10(14)15)13(9)2/h3-5H,1-2H3,(H,11,12)(H,14,15). The predicted octanol–water partition coefficient (Wildman–Crippen LogP) is 1.31. The molecule has 5 nitrogen and oxygen atoms in total. The summed E-state index contributed by atoms with van der Waals surface area (Å²) < 4.78 is 1.57. The minimum atomic E-state index is -0.947. The molecule has 0 fully saturated rings. The lowest BCUT2D eigenvalue weighted by molar-refractivity contribution is 0.0687. The number of aromatic nitrogens is 2. The first-order valence-electron chi connectivity index (χ1n) is 4.50. The van der Waals surface area contributed by atoms with Gasteiger partial charge in [0, 0.05) is 31.4 Å². The zero-order valence-electron chi connectivity index (χ0n) is 8.48. The summed E-state index contributed by atoms with van der Waals surface area (Å²) in [7, 11) is 3.49. The molecule has 0 aliphatic rings. The molecule has 0 saturated carbocycles. The van der Waals surface area contributed by atoms with Gasteiger partial charge in [-0.05, 0) is 12.1 Å². The van der Waals surface area contributed by atoms with E-state index in [0.717, 1.165) is 11.1 Å². The molecular weight excluding hydrogens is 194 g/mol. The average Bonchev–Trinajstić information content (AvgIpc) is 2.56. The number of hydrogen-bond donors (Lipinski definition) is 2. The lowest BCUT2D eigenvalue weighted by atomic mass is 10.3. The summed E-state index contributed by atoms with van der Waals surface area (Å²) in [5.41, 5.74) is 1.78. The molecule has 2 aromatic rings. The largest absolute Gasteiger partial charge is 0.477 e. The van der Waals surface area contributed by atoms with E-state index in [2.05, 4.69) is 10.3 Å². The maximum atomic E-state index is 10.9. The van der Waals surface area contributed by atoms with Crippen LogP contribution in [0.4, 0.5) is 5.69 Å². The van der Waals surface area contributed by atoms with Crippen LogP contribution in [0, 0.1) is 0 Å². The maximum Gasteiger partial charge on any atom is 0.352 e. The van der Waals surface area contributed by atoms with Crippen LogP contribution in [0.2, 0.25) is 0 Å². The van der Waals surface area contributed by atoms with Gasteiger partial charge in [-0.15, -0.1) is 0 Å². The highest BCUT2D eigenvalue weighted by atomic mass is 16.4. The molecule has 5 heteroatoms. The molecule has 0 aliphatic carbocycles. The van der Waals surface area contributed by atoms with Crippen molar-refractivity contribution in [2.75, 3.05) is 12.4 Å². The highest BCUT2D eigenvalue weighted by Gasteiger charge is 2.14. The molecule has 2 rings (SSSR count). The Kier molecular flexibility index (Phi) is 2.07. The highest BCUT2D eigenvalue weighted by Crippen LogP contribution is 2.24. The molecule has 0 saturated heterocycles. The van der Waals surface area contributed by atoms with E-state index in [1.165, 1.54) is 0 Å². The molecule has 0 unspecified atom stereocenters. The molecule has 2 N–H and O–H groups in total. The summed E-state index contributed by atoms with van der Waals surface area (Å²) in [6.07, 6.45) is 1.65. The third-order valence-corrected chi connectivity index (χ3v) is 2.42. The third-order valence-electron chi connectivity index (χ3n) is 2.42. The monoisotopic (exact) mass is 205 g/mol. The van der Waals surface area contributed by atoms with E-state index >= 15 is 0 Å². The van der Waals surface area contributed by atoms with Crippen LogP contribution in [0.25, 0.3) is 11.0 Å². The number of aryl methyl sites for hydroxylation is 1. The number of carboxylic acids is 1. The normalized spacial score (nSPS) is 10.5. The number of anilines is 1. The van der Waals surface area contributed by atoms with E-state index in [4.69, 9.17) is 5.11 Å². The molecule has 0 bridgehead atoms. The van der Waals surface area contributed by atoms with Gasteiger partial charge in [-0.2, -0.15) is 0 Å². The Morgan fingerprint density at radius 3 is 2.93 bits per heavy atom. The number of nitrogens with zero attached hydrogens (tertiary/aromatic N) is 2. The zero-order valence-corrected chi connectivity index (χ0v) is 8.48. The lowest BCUT2D eigenvalue weighted by Gasteiger charge is -2.01. The van der Waals surface area contributed by atoms with Gasteiger partial charge >= 0.3 is 5.97 Å². The summed E-state index contributed by atoms with van der Waals surface area (Å²) in [4.78, 5) is 15.1. The summed E-state index contributed by atoms with van der Waals surface area (Å²) in [5, 5.41) is 12.8. The third kappa shape index (κ3) is 1.32. The molecule has 0 aliphatic heterocycles. The molecule has 2 heterocycles. The Bertz CT molecular complexity index is 531. The average molecular weight is 205 g/mol. The first-order valence-corrected chi connectivity index (χ1v) is 4.50. The first kappa shape index (κ1) is 9.51. The van der Waals surface area contributed by atoms with E-state index in [0.29, 0.717) is 5.65 Å². The molecular formula is C10H11N3O2. The summed E-state index contributed by atoms with van der Waals surface area (Å²) in [5.74, 6) is -0.947. The van der Waals surface area contributed by atoms with Gasteiger partial charge in [0.15, 0.2) is 0 Å². The first-order chi connectivity index (χ1) is 7.15. The minimum absolute atomic E-state index is 0.236. The number of fused-ring (bicyclic) bond motifs is 1. The van der Waals surface area contributed by atoms with E-state index in [9.17, 15) is 4.79 Å². The molecule has 0 spiro atoms. The van der Waals surface area contributed by atoms with Crippen molar-refractivity contribution in [3.05, 3.63) is 24.0 Å². The van der Waals surface area contributed by atoms with Crippen LogP contribution in [0.5, 0.6) is 0 Å². The van der Waals surface area contributed by atoms with Crippen LogP contribution in [0.15, 0.2) is 18.3 Å². The van der Waals surface area contributed by atoms with Crippen molar-refractivity contribution < 1.29 is 9.90 Å². The van der Waals surface area contributed by atoms with Crippen LogP contribution < -0.4 is 5.32 Å². The van der Waals surface area contributed by atoms with Crippen molar-refractivity contribution in [3.63, 3.8) is 0 Å². The Morgan fingerprint density at radius 1 is 1.60 bits per heavy atom. The number of nitrogens with one attached hydrogen (secondary N) is 1. The van der Waals surface area contributed by atoms with Crippen molar-refractivity contribution in [2.24, 2.45) is 7.05 Å². The van der Waals surface area contributed by atoms with Crippen molar-refractivity contribution in [1.29, 1.82) is 0 Å². The lowest BCUT2D eigenvalue weighted by Crippen LogP contribution is -2.04. The van der Waals surface area contributed by atoms with Crippen molar-refractivity contribution in [1.82, 2.24) is 9.55 Å². The molecule has 78 valence electrons. The number of carboxylic acid groups (broad SMARTS) is 1. The maximum absolute atomic E-state index is 10.9. The molecule has 0 atom stereocenters. The van der Waals surface area contributed by atoms with E-state index < -0.39 is 5.97 Å². The zero-order chi connectivity index (χ0) is 11.0. The van der Waals surface area contributed by atoms with Crippen LogP contribution in [0.3, 0.4) is 0 Å². The molecule has 2 aromatic heterocycles. The minimum Gasteiger partial charge on any atom is -0.477 e. The summed E-state index contributed by atoms with van der Waals surface area (Å²) >= 11 is 0. The van der Waals surface area contributed by atoms with Gasteiger partial charge in [0.1, 0.15) is 11.3 Å². The van der Waals surface area contributed by atoms with E-state index in [-0.39, 0.29) is 5.69 Å². The van der Waals surface area contributed by atoms with Crippen molar-refractivity contribution in [2.45, 2.75) is 0 Å². The predicted molar refractivity (Wildman–Crippen MR) is 57.2 cm³/mol. The van der Waals surface area contributed by atoms with Gasteiger partial charge in [-0.3, -0.25) is 0 Å². The van der Waals surface area contributed by atoms with Crippen LogP contribution in [-0.2, 0) is 7.05 Å². The number of carbonyl (C=O) groups is 1. The van der Waals surface area contributed by atoms with Gasteiger partial charge in [-0.1, -0.05) is 0 Å². The summed E-state index contributed by atoms with van der Waals surface area (Å²) in [6.45, 7) is 0. The van der Waals surface area contributed by atoms with Crippen molar-refractivity contribution in [3.8, 4) is 0 Å². The molecule has 15 heavy (non-hydrogen) atoms. The fraction of sp³-hybridized carbons (Fsp3) is 0.200. The van der Waals surface area contributed by atoms with Crippen LogP contribution in [0.1, 0.15) is 10.5 Å². The quantitative estimate of drug-likeness (QED) is 0.775. The summed E-state index contributed by atoms with van der Waals surface area (Å²) in [6, 6.07) is 3.43. The number of pyridine rings is 1. The molecule has 0 amide bonds. The second-order valence-corrected chi connectivity index (χ2v) is 3.24. The van der Waals surface area contributed by atoms with Gasteiger partial charge < -0.3 is 15.0 Å². The van der Waals surface area contributed by atoms with Gasteiger partial charge in [0.05, 0.1) is 0 Å². The Balaban J connectivity index is 2.81. The molecule has 0 aromatic carbocycles. The second kappa shape index (κ2) is 3.27. The van der Waals surface area contributed by atoms with E-state index in [1.54, 1.807) is 30.9 Å². The van der Waals surface area contributed by atoms with Gasteiger partial charge in [0.25, 0.3) is 0 Å². The Labute approximate surface area is 86.4 Å². The molecule has 0 radical (unpaired) electrons. The number of rotatable bonds is 2. The van der Waals surface area contributed by atoms with E-state index in [1.807, 2.05) is 6.07 Å². The highest BCUT2D eigenvalue weighted by molar-refractivity contribution is 5.98. The van der Waals surface area contributed by atoms with Gasteiger partial charge in [0.2, 0.25) is 0 Å². The fourth-order valence-corrected chi connectivity index (χ4v) is 1.64. The van der Waals surface area contributed by atoms with Crippen molar-refractivity contribution >= 4 is 22.7 Å². The Hall–Kier alpha value is -2.04.